The van der Waals surface area contributed by atoms with Crippen LogP contribution in [-0.2, 0) is 4.79 Å². The maximum absolute atomic E-state index is 12.2. The lowest BCUT2D eigenvalue weighted by atomic mass is 9.68. The topological polar surface area (TPSA) is 40.5 Å². The van der Waals surface area contributed by atoms with Crippen LogP contribution in [0.2, 0.25) is 0 Å². The number of hydrogen-bond donors (Lipinski definition) is 1. The summed E-state index contributed by atoms with van der Waals surface area (Å²) in [6.45, 7) is 4.24. The lowest BCUT2D eigenvalue weighted by Crippen LogP contribution is -2.64. The van der Waals surface area contributed by atoms with Crippen molar-refractivity contribution < 1.29 is 10.0 Å². The van der Waals surface area contributed by atoms with Gasteiger partial charge in [-0.05, 0) is 25.7 Å². The van der Waals surface area contributed by atoms with Crippen molar-refractivity contribution in [1.82, 2.24) is 5.06 Å². The molecule has 3 heteroatoms. The Hall–Kier alpha value is -0.410. The number of ketones is 1. The number of piperidine rings is 1. The monoisotopic (exact) mass is 253 g/mol. The first-order valence-corrected chi connectivity index (χ1v) is 7.59. The molecule has 0 radical (unpaired) electrons. The average molecular weight is 253 g/mol. The molecule has 1 saturated heterocycles. The van der Waals surface area contributed by atoms with Crippen LogP contribution in [0, 0.1) is 0 Å². The summed E-state index contributed by atoms with van der Waals surface area (Å²) >= 11 is 0. The molecule has 1 spiro atoms. The highest BCUT2D eigenvalue weighted by molar-refractivity contribution is 5.82. The Kier molecular flexibility index (Phi) is 4.12. The van der Waals surface area contributed by atoms with Crippen molar-refractivity contribution in [2.24, 2.45) is 0 Å². The molecule has 18 heavy (non-hydrogen) atoms. The molecule has 3 nitrogen and oxygen atoms in total. The summed E-state index contributed by atoms with van der Waals surface area (Å²) in [5, 5.41) is 12.5. The van der Waals surface area contributed by atoms with Crippen molar-refractivity contribution in [2.45, 2.75) is 89.1 Å². The molecule has 1 saturated carbocycles. The van der Waals surface area contributed by atoms with Crippen LogP contribution in [0.15, 0.2) is 0 Å². The van der Waals surface area contributed by atoms with Crippen molar-refractivity contribution in [3.63, 3.8) is 0 Å². The second kappa shape index (κ2) is 5.30. The van der Waals surface area contributed by atoms with Crippen LogP contribution in [0.4, 0.5) is 0 Å². The van der Waals surface area contributed by atoms with Crippen molar-refractivity contribution in [3.05, 3.63) is 0 Å². The number of rotatable bonds is 3. The van der Waals surface area contributed by atoms with E-state index in [1.54, 1.807) is 5.06 Å². The minimum Gasteiger partial charge on any atom is -0.313 e. The molecule has 2 fully saturated rings. The second-order valence-electron chi connectivity index (χ2n) is 6.32. The van der Waals surface area contributed by atoms with E-state index in [9.17, 15) is 10.0 Å². The smallest absolute Gasteiger partial charge is 0.136 e. The first-order chi connectivity index (χ1) is 8.58. The Bertz CT molecular complexity index is 294. The fraction of sp³-hybridized carbons (Fsp3) is 0.933. The normalized spacial score (nSPS) is 32.9. The molecular weight excluding hydrogens is 226 g/mol. The van der Waals surface area contributed by atoms with Crippen LogP contribution in [-0.4, -0.2) is 27.1 Å². The molecule has 1 aliphatic heterocycles. The molecule has 0 aromatic carbocycles. The van der Waals surface area contributed by atoms with E-state index in [1.807, 2.05) is 0 Å². The molecule has 1 N–H and O–H groups in total. The van der Waals surface area contributed by atoms with E-state index in [4.69, 9.17) is 0 Å². The lowest BCUT2D eigenvalue weighted by Gasteiger charge is -2.55. The van der Waals surface area contributed by atoms with E-state index < -0.39 is 0 Å². The number of hydroxylamine groups is 2. The Morgan fingerprint density at radius 1 is 1.17 bits per heavy atom. The molecule has 0 aromatic heterocycles. The number of carbonyl (C=O) groups is 1. The zero-order chi connectivity index (χ0) is 13.2. The van der Waals surface area contributed by atoms with Crippen LogP contribution >= 0.6 is 0 Å². The van der Waals surface area contributed by atoms with Gasteiger partial charge in [0.05, 0.1) is 11.1 Å². The van der Waals surface area contributed by atoms with Gasteiger partial charge in [0.15, 0.2) is 0 Å². The van der Waals surface area contributed by atoms with E-state index in [2.05, 4.69) is 13.8 Å². The third kappa shape index (κ3) is 2.23. The van der Waals surface area contributed by atoms with Gasteiger partial charge in [-0.25, -0.2) is 0 Å². The third-order valence-corrected chi connectivity index (χ3v) is 5.11. The van der Waals surface area contributed by atoms with E-state index in [-0.39, 0.29) is 11.1 Å². The molecule has 0 bridgehead atoms. The van der Waals surface area contributed by atoms with E-state index >= 15 is 0 Å². The predicted molar refractivity (Wildman–Crippen MR) is 71.6 cm³/mol. The fourth-order valence-electron chi connectivity index (χ4n) is 4.16. The molecule has 2 rings (SSSR count). The Labute approximate surface area is 111 Å². The highest BCUT2D eigenvalue weighted by Crippen LogP contribution is 2.46. The van der Waals surface area contributed by atoms with E-state index in [0.717, 1.165) is 44.9 Å². The highest BCUT2D eigenvalue weighted by atomic mass is 16.5. The van der Waals surface area contributed by atoms with Gasteiger partial charge in [0, 0.05) is 12.8 Å². The predicted octanol–water partition coefficient (Wildman–Crippen LogP) is 3.69. The minimum absolute atomic E-state index is 0.237. The average Bonchev–Trinajstić information content (AvgIpc) is 2.37. The van der Waals surface area contributed by atoms with Gasteiger partial charge in [-0.15, -0.1) is 0 Å². The number of nitrogens with zero attached hydrogens (tertiary/aromatic N) is 1. The van der Waals surface area contributed by atoms with Gasteiger partial charge in [0.2, 0.25) is 0 Å². The van der Waals surface area contributed by atoms with E-state index in [0.29, 0.717) is 18.6 Å². The fourth-order valence-corrected chi connectivity index (χ4v) is 4.16. The zero-order valence-electron chi connectivity index (χ0n) is 11.9. The van der Waals surface area contributed by atoms with Crippen molar-refractivity contribution in [3.8, 4) is 0 Å². The standard InChI is InChI=1S/C15H27NO2/c1-3-8-14(4-2)11-13(17)12-15(16(14)18)9-6-5-7-10-15/h18H,3-12H2,1-2H3. The molecule has 2 aliphatic rings. The summed E-state index contributed by atoms with van der Waals surface area (Å²) in [7, 11) is 0. The summed E-state index contributed by atoms with van der Waals surface area (Å²) in [6, 6.07) is 0. The van der Waals surface area contributed by atoms with Gasteiger partial charge in [0.25, 0.3) is 0 Å². The van der Waals surface area contributed by atoms with Crippen LogP contribution in [0.1, 0.15) is 78.1 Å². The zero-order valence-corrected chi connectivity index (χ0v) is 11.9. The maximum Gasteiger partial charge on any atom is 0.136 e. The third-order valence-electron chi connectivity index (χ3n) is 5.11. The quantitative estimate of drug-likeness (QED) is 0.834. The number of carbonyl (C=O) groups excluding carboxylic acids is 1. The molecule has 1 aliphatic carbocycles. The van der Waals surface area contributed by atoms with Gasteiger partial charge >= 0.3 is 0 Å². The van der Waals surface area contributed by atoms with Gasteiger partial charge < -0.3 is 5.21 Å². The molecule has 1 unspecified atom stereocenters. The summed E-state index contributed by atoms with van der Waals surface area (Å²) in [5.41, 5.74) is -0.528. The van der Waals surface area contributed by atoms with Crippen molar-refractivity contribution in [2.75, 3.05) is 0 Å². The van der Waals surface area contributed by atoms with Gasteiger partial charge in [0.1, 0.15) is 5.78 Å². The van der Waals surface area contributed by atoms with Crippen LogP contribution < -0.4 is 0 Å². The SMILES string of the molecule is CCCC1(CC)CC(=O)CC2(CCCCC2)N1O. The van der Waals surface area contributed by atoms with Gasteiger partial charge in [-0.1, -0.05) is 39.5 Å². The largest absolute Gasteiger partial charge is 0.313 e. The minimum atomic E-state index is -0.290. The summed E-state index contributed by atoms with van der Waals surface area (Å²) in [5.74, 6) is 0.359. The van der Waals surface area contributed by atoms with Crippen molar-refractivity contribution >= 4 is 5.78 Å². The first kappa shape index (κ1) is 14.0. The first-order valence-electron chi connectivity index (χ1n) is 7.59. The molecule has 1 heterocycles. The molecular formula is C15H27NO2. The van der Waals surface area contributed by atoms with Crippen LogP contribution in [0.25, 0.3) is 0 Å². The molecule has 104 valence electrons. The number of Topliss-reactive ketones (excluding diaryl/α,β-unsaturated/α-hetero) is 1. The van der Waals surface area contributed by atoms with Crippen molar-refractivity contribution in [1.29, 1.82) is 0 Å². The van der Waals surface area contributed by atoms with Crippen LogP contribution in [0.3, 0.4) is 0 Å². The Balaban J connectivity index is 2.29. The van der Waals surface area contributed by atoms with Gasteiger partial charge in [-0.2, -0.15) is 5.06 Å². The maximum atomic E-state index is 12.2. The van der Waals surface area contributed by atoms with E-state index in [1.165, 1.54) is 6.42 Å². The molecule has 0 aromatic rings. The Morgan fingerprint density at radius 3 is 2.39 bits per heavy atom. The Morgan fingerprint density at radius 2 is 1.83 bits per heavy atom. The molecule has 0 amide bonds. The molecule has 1 atom stereocenters. The summed E-state index contributed by atoms with van der Waals surface area (Å²) in [6.07, 6.45) is 9.43. The summed E-state index contributed by atoms with van der Waals surface area (Å²) < 4.78 is 0. The van der Waals surface area contributed by atoms with Crippen LogP contribution in [0.5, 0.6) is 0 Å². The lowest BCUT2D eigenvalue weighted by molar-refractivity contribution is -0.266. The van der Waals surface area contributed by atoms with Gasteiger partial charge in [-0.3, -0.25) is 4.79 Å². The highest BCUT2D eigenvalue weighted by Gasteiger charge is 2.53. The number of hydrogen-bond acceptors (Lipinski definition) is 3. The second-order valence-corrected chi connectivity index (χ2v) is 6.32. The summed E-state index contributed by atoms with van der Waals surface area (Å²) in [4.78, 5) is 12.2.